The van der Waals surface area contributed by atoms with E-state index in [0.29, 0.717) is 6.54 Å². The van der Waals surface area contributed by atoms with Crippen molar-refractivity contribution in [2.24, 2.45) is 0 Å². The van der Waals surface area contributed by atoms with Crippen LogP contribution in [0.1, 0.15) is 22.3 Å². The Kier molecular flexibility index (Phi) is 6.90. The van der Waals surface area contributed by atoms with E-state index in [1.54, 1.807) is 12.1 Å². The van der Waals surface area contributed by atoms with Gasteiger partial charge in [0.15, 0.2) is 0 Å². The van der Waals surface area contributed by atoms with E-state index in [1.807, 2.05) is 18.2 Å². The number of benzene rings is 3. The molecule has 10 heteroatoms. The first-order chi connectivity index (χ1) is 16.3. The van der Waals surface area contributed by atoms with E-state index >= 15 is 0 Å². The van der Waals surface area contributed by atoms with Crippen LogP contribution in [-0.2, 0) is 16.6 Å². The number of nitro benzene ring substituents is 1. The van der Waals surface area contributed by atoms with Crippen LogP contribution < -0.4 is 10.0 Å². The van der Waals surface area contributed by atoms with Gasteiger partial charge in [-0.2, -0.15) is 0 Å². The molecule has 1 aliphatic rings. The number of likely N-dealkylation sites (tertiary alicyclic amines) is 1. The van der Waals surface area contributed by atoms with Crippen molar-refractivity contribution in [3.63, 3.8) is 0 Å². The summed E-state index contributed by atoms with van der Waals surface area (Å²) in [6, 6.07) is 21.1. The molecule has 1 atom stereocenters. The SMILES string of the molecule is O=C(NC1CCN(Cc2ccccc2)C1)c1ccccc1NS(=O)(=O)c1cccc([N+](=O)[O-])c1. The van der Waals surface area contributed by atoms with E-state index in [9.17, 15) is 23.3 Å². The fourth-order valence-electron chi connectivity index (χ4n) is 3.94. The van der Waals surface area contributed by atoms with Crippen LogP contribution in [0.15, 0.2) is 83.8 Å². The van der Waals surface area contributed by atoms with Crippen molar-refractivity contribution in [1.82, 2.24) is 10.2 Å². The minimum Gasteiger partial charge on any atom is -0.348 e. The topological polar surface area (TPSA) is 122 Å². The van der Waals surface area contributed by atoms with E-state index in [4.69, 9.17) is 0 Å². The van der Waals surface area contributed by atoms with Gasteiger partial charge in [-0.3, -0.25) is 24.5 Å². The number of para-hydroxylation sites is 1. The minimum atomic E-state index is -4.14. The highest BCUT2D eigenvalue weighted by Crippen LogP contribution is 2.23. The summed E-state index contributed by atoms with van der Waals surface area (Å²) in [5.74, 6) is -0.385. The van der Waals surface area contributed by atoms with Crippen LogP contribution in [-0.4, -0.2) is 43.3 Å². The third-order valence-corrected chi connectivity index (χ3v) is 6.97. The molecular weight excluding hydrogens is 456 g/mol. The number of carbonyl (C=O) groups is 1. The van der Waals surface area contributed by atoms with Gasteiger partial charge in [0.25, 0.3) is 21.6 Å². The Morgan fingerprint density at radius 2 is 1.76 bits per heavy atom. The first-order valence-electron chi connectivity index (χ1n) is 10.8. The second-order valence-corrected chi connectivity index (χ2v) is 9.77. The van der Waals surface area contributed by atoms with Gasteiger partial charge in [-0.05, 0) is 30.2 Å². The summed E-state index contributed by atoms with van der Waals surface area (Å²) < 4.78 is 28.1. The highest BCUT2D eigenvalue weighted by molar-refractivity contribution is 7.92. The van der Waals surface area contributed by atoms with Crippen LogP contribution >= 0.6 is 0 Å². The van der Waals surface area contributed by atoms with Crippen LogP contribution in [0.4, 0.5) is 11.4 Å². The maximum absolute atomic E-state index is 13.0. The molecule has 0 bridgehead atoms. The second-order valence-electron chi connectivity index (χ2n) is 8.09. The van der Waals surface area contributed by atoms with Crippen molar-refractivity contribution in [2.75, 3.05) is 17.8 Å². The Balaban J connectivity index is 1.44. The first-order valence-corrected chi connectivity index (χ1v) is 12.2. The number of non-ortho nitro benzene ring substituents is 1. The van der Waals surface area contributed by atoms with Crippen molar-refractivity contribution in [2.45, 2.75) is 23.9 Å². The van der Waals surface area contributed by atoms with E-state index in [-0.39, 0.29) is 33.8 Å². The molecule has 0 radical (unpaired) electrons. The Labute approximate surface area is 197 Å². The largest absolute Gasteiger partial charge is 0.348 e. The van der Waals surface area contributed by atoms with Gasteiger partial charge in [0, 0.05) is 37.8 Å². The molecule has 1 saturated heterocycles. The number of anilines is 1. The molecule has 176 valence electrons. The molecule has 1 amide bonds. The van der Waals surface area contributed by atoms with Gasteiger partial charge in [-0.1, -0.05) is 48.5 Å². The Hall–Kier alpha value is -3.76. The lowest BCUT2D eigenvalue weighted by Crippen LogP contribution is -2.37. The Morgan fingerprint density at radius 3 is 2.53 bits per heavy atom. The zero-order valence-electron chi connectivity index (χ0n) is 18.3. The number of hydrogen-bond donors (Lipinski definition) is 2. The van der Waals surface area contributed by atoms with E-state index < -0.39 is 14.9 Å². The fraction of sp³-hybridized carbons (Fsp3) is 0.208. The zero-order chi connectivity index (χ0) is 24.1. The molecule has 1 fully saturated rings. The molecule has 0 saturated carbocycles. The molecule has 4 rings (SSSR count). The molecule has 3 aromatic carbocycles. The average molecular weight is 481 g/mol. The van der Waals surface area contributed by atoms with E-state index in [1.165, 1.54) is 35.9 Å². The van der Waals surface area contributed by atoms with Crippen LogP contribution in [0.5, 0.6) is 0 Å². The quantitative estimate of drug-likeness (QED) is 0.376. The van der Waals surface area contributed by atoms with E-state index in [2.05, 4.69) is 27.1 Å². The summed E-state index contributed by atoms with van der Waals surface area (Å²) in [5, 5.41) is 14.0. The number of nitro groups is 1. The molecule has 2 N–H and O–H groups in total. The van der Waals surface area contributed by atoms with Gasteiger partial charge in [0.1, 0.15) is 0 Å². The molecular formula is C24H24N4O5S. The van der Waals surface area contributed by atoms with Crippen molar-refractivity contribution in [1.29, 1.82) is 0 Å². The molecule has 0 spiro atoms. The maximum atomic E-state index is 13.0. The van der Waals surface area contributed by atoms with Gasteiger partial charge in [0.05, 0.1) is 21.1 Å². The maximum Gasteiger partial charge on any atom is 0.270 e. The summed E-state index contributed by atoms with van der Waals surface area (Å²) in [5.41, 5.74) is 1.15. The third kappa shape index (κ3) is 5.59. The molecule has 3 aromatic rings. The van der Waals surface area contributed by atoms with Crippen molar-refractivity contribution in [3.8, 4) is 0 Å². The summed E-state index contributed by atoms with van der Waals surface area (Å²) in [6.45, 7) is 2.34. The predicted octanol–water partition coefficient (Wildman–Crippen LogP) is 3.40. The number of amides is 1. The third-order valence-electron chi connectivity index (χ3n) is 5.61. The number of rotatable bonds is 8. The number of sulfonamides is 1. The van der Waals surface area contributed by atoms with Crippen molar-refractivity contribution >= 4 is 27.3 Å². The Morgan fingerprint density at radius 1 is 1.03 bits per heavy atom. The van der Waals surface area contributed by atoms with Gasteiger partial charge < -0.3 is 5.32 Å². The fourth-order valence-corrected chi connectivity index (χ4v) is 5.06. The van der Waals surface area contributed by atoms with Crippen molar-refractivity contribution < 1.29 is 18.1 Å². The minimum absolute atomic E-state index is 0.0577. The standard InChI is InChI=1S/C24H24N4O5S/c29-24(25-19-13-14-27(17-19)16-18-7-2-1-3-8-18)22-11-4-5-12-23(22)26-34(32,33)21-10-6-9-20(15-21)28(30)31/h1-12,15,19,26H,13-14,16-17H2,(H,25,29). The number of hydrogen-bond acceptors (Lipinski definition) is 6. The van der Waals surface area contributed by atoms with Gasteiger partial charge in [0.2, 0.25) is 0 Å². The lowest BCUT2D eigenvalue weighted by molar-refractivity contribution is -0.385. The molecule has 1 aliphatic heterocycles. The summed E-state index contributed by atoms with van der Waals surface area (Å²) in [7, 11) is -4.14. The lowest BCUT2D eigenvalue weighted by atomic mass is 10.1. The monoisotopic (exact) mass is 480 g/mol. The summed E-state index contributed by atoms with van der Waals surface area (Å²) in [4.78, 5) is 25.3. The Bertz CT molecular complexity index is 1300. The van der Waals surface area contributed by atoms with Crippen LogP contribution in [0.3, 0.4) is 0 Å². The normalized spacial score (nSPS) is 16.2. The first kappa shape index (κ1) is 23.4. The van der Waals surface area contributed by atoms with Gasteiger partial charge in [-0.15, -0.1) is 0 Å². The number of nitrogens with zero attached hydrogens (tertiary/aromatic N) is 2. The van der Waals surface area contributed by atoms with Gasteiger partial charge in [-0.25, -0.2) is 8.42 Å². The second kappa shape index (κ2) is 10.0. The molecule has 0 aliphatic carbocycles. The molecule has 1 unspecified atom stereocenters. The molecule has 1 heterocycles. The lowest BCUT2D eigenvalue weighted by Gasteiger charge is -2.18. The summed E-state index contributed by atoms with van der Waals surface area (Å²) in [6.07, 6.45) is 0.792. The zero-order valence-corrected chi connectivity index (χ0v) is 19.1. The highest BCUT2D eigenvalue weighted by atomic mass is 32.2. The molecule has 0 aromatic heterocycles. The van der Waals surface area contributed by atoms with Crippen LogP contribution in [0.2, 0.25) is 0 Å². The average Bonchev–Trinajstić information content (AvgIpc) is 3.26. The number of nitrogens with one attached hydrogen (secondary N) is 2. The highest BCUT2D eigenvalue weighted by Gasteiger charge is 2.26. The van der Waals surface area contributed by atoms with Crippen LogP contribution in [0, 0.1) is 10.1 Å². The predicted molar refractivity (Wildman–Crippen MR) is 128 cm³/mol. The molecule has 34 heavy (non-hydrogen) atoms. The smallest absolute Gasteiger partial charge is 0.270 e. The number of carbonyl (C=O) groups excluding carboxylic acids is 1. The van der Waals surface area contributed by atoms with Crippen LogP contribution in [0.25, 0.3) is 0 Å². The van der Waals surface area contributed by atoms with E-state index in [0.717, 1.165) is 25.6 Å². The molecule has 9 nitrogen and oxygen atoms in total. The van der Waals surface area contributed by atoms with Gasteiger partial charge >= 0.3 is 0 Å². The summed E-state index contributed by atoms with van der Waals surface area (Å²) >= 11 is 0. The van der Waals surface area contributed by atoms with Crippen molar-refractivity contribution in [3.05, 3.63) is 100 Å².